The molecule has 29 heavy (non-hydrogen) atoms. The zero-order chi connectivity index (χ0) is 21.2. The molecule has 0 aromatic heterocycles. The Kier molecular flexibility index (Phi) is 5.08. The van der Waals surface area contributed by atoms with Gasteiger partial charge >= 0.3 is 6.18 Å². The largest absolute Gasteiger partial charge is 0.417 e. The molecule has 0 bridgehead atoms. The lowest BCUT2D eigenvalue weighted by molar-refractivity contribution is -0.293. The minimum atomic E-state index is -4.30. The molecule has 6 heteroatoms. The topological polar surface area (TPSA) is 38.3 Å². The number of carbonyl (C=O) groups excluding carboxylic acids is 1. The highest BCUT2D eigenvalue weighted by molar-refractivity contribution is 5.79. The molecule has 4 aliphatic carbocycles. The summed E-state index contributed by atoms with van der Waals surface area (Å²) in [6.07, 6.45) is 2.44. The van der Waals surface area contributed by atoms with E-state index in [-0.39, 0.29) is 41.4 Å². The minimum Gasteiger partial charge on any atom is -0.369 e. The van der Waals surface area contributed by atoms with Gasteiger partial charge in [0.05, 0.1) is 0 Å². The molecule has 8 atom stereocenters. The quantitative estimate of drug-likeness (QED) is 0.661. The number of halogens is 3. The van der Waals surface area contributed by atoms with Gasteiger partial charge in [-0.3, -0.25) is 4.79 Å². The molecule has 0 aromatic rings. The summed E-state index contributed by atoms with van der Waals surface area (Å²) in [4.78, 5) is 12.5. The number of amides is 1. The Bertz CT molecular complexity index is 667. The second-order valence-corrected chi connectivity index (χ2v) is 10.9. The van der Waals surface area contributed by atoms with Crippen LogP contribution < -0.4 is 5.32 Å². The molecule has 4 saturated carbocycles. The predicted molar refractivity (Wildman–Crippen MR) is 105 cm³/mol. The van der Waals surface area contributed by atoms with Gasteiger partial charge in [-0.1, -0.05) is 13.8 Å². The predicted octanol–water partition coefficient (Wildman–Crippen LogP) is 5.34. The summed E-state index contributed by atoms with van der Waals surface area (Å²) in [6.45, 7) is 4.70. The molecule has 0 saturated heterocycles. The van der Waals surface area contributed by atoms with Crippen molar-refractivity contribution in [3.63, 3.8) is 0 Å². The van der Waals surface area contributed by atoms with Crippen LogP contribution >= 0.6 is 0 Å². The molecule has 1 N–H and O–H groups in total. The number of carbonyl (C=O) groups is 1. The van der Waals surface area contributed by atoms with Gasteiger partial charge in [0.1, 0.15) is 0 Å². The first-order valence-corrected chi connectivity index (χ1v) is 11.4. The maximum absolute atomic E-state index is 13.8. The molecule has 1 amide bonds. The second kappa shape index (κ2) is 6.86. The average molecular weight is 416 g/mol. The Morgan fingerprint density at radius 2 is 1.69 bits per heavy atom. The van der Waals surface area contributed by atoms with Crippen molar-refractivity contribution < 1.29 is 22.7 Å². The fourth-order valence-corrected chi connectivity index (χ4v) is 8.60. The van der Waals surface area contributed by atoms with Crippen LogP contribution in [0.5, 0.6) is 0 Å². The van der Waals surface area contributed by atoms with E-state index in [4.69, 9.17) is 4.74 Å². The van der Waals surface area contributed by atoms with Crippen molar-refractivity contribution in [2.24, 2.45) is 40.4 Å². The lowest BCUT2D eigenvalue weighted by Gasteiger charge is -2.62. The summed E-state index contributed by atoms with van der Waals surface area (Å²) in [6, 6.07) is 0. The maximum Gasteiger partial charge on any atom is 0.417 e. The summed E-state index contributed by atoms with van der Waals surface area (Å²) >= 11 is 0. The van der Waals surface area contributed by atoms with Crippen molar-refractivity contribution in [3.05, 3.63) is 0 Å². The fraction of sp³-hybridized carbons (Fsp3) is 0.957. The van der Waals surface area contributed by atoms with Gasteiger partial charge in [-0.25, -0.2) is 0 Å². The molecular formula is C23H36F3NO2. The zero-order valence-electron chi connectivity index (χ0n) is 18.2. The first-order valence-electron chi connectivity index (χ1n) is 11.4. The number of hydrogen-bond donors (Lipinski definition) is 1. The molecule has 0 heterocycles. The van der Waals surface area contributed by atoms with Crippen molar-refractivity contribution in [1.29, 1.82) is 0 Å². The van der Waals surface area contributed by atoms with Crippen LogP contribution in [0.2, 0.25) is 0 Å². The third-order valence-electron chi connectivity index (χ3n) is 10.1. The van der Waals surface area contributed by atoms with Crippen molar-refractivity contribution >= 4 is 5.91 Å². The van der Waals surface area contributed by atoms with E-state index in [1.807, 2.05) is 0 Å². The summed E-state index contributed by atoms with van der Waals surface area (Å²) in [5, 5.41) is 2.87. The molecular weight excluding hydrogens is 379 g/mol. The van der Waals surface area contributed by atoms with E-state index in [0.717, 1.165) is 38.5 Å². The van der Waals surface area contributed by atoms with Crippen molar-refractivity contribution in [2.75, 3.05) is 14.2 Å². The highest BCUT2D eigenvalue weighted by Gasteiger charge is 2.66. The van der Waals surface area contributed by atoms with Crippen LogP contribution in [-0.2, 0) is 9.53 Å². The van der Waals surface area contributed by atoms with Gasteiger partial charge in [0.25, 0.3) is 0 Å². The lowest BCUT2D eigenvalue weighted by Crippen LogP contribution is -2.59. The highest BCUT2D eigenvalue weighted by atomic mass is 19.4. The van der Waals surface area contributed by atoms with E-state index in [2.05, 4.69) is 19.2 Å². The van der Waals surface area contributed by atoms with Gasteiger partial charge in [-0.2, -0.15) is 13.2 Å². The van der Waals surface area contributed by atoms with Gasteiger partial charge in [0.15, 0.2) is 5.60 Å². The van der Waals surface area contributed by atoms with Gasteiger partial charge in [-0.05, 0) is 92.3 Å². The summed E-state index contributed by atoms with van der Waals surface area (Å²) < 4.78 is 46.5. The fourth-order valence-electron chi connectivity index (χ4n) is 8.60. The maximum atomic E-state index is 13.8. The SMILES string of the molecule is CNC(=O)[C@H]1CC[C@@H]2[C@]1(C)CC[C@@H]1[C@H]3CC[C@](OC)(C(F)(F)F)C[C@H]3CC[C@@]21C. The third-order valence-corrected chi connectivity index (χ3v) is 10.1. The van der Waals surface area contributed by atoms with Crippen LogP contribution in [0.15, 0.2) is 0 Å². The van der Waals surface area contributed by atoms with Gasteiger partial charge in [-0.15, -0.1) is 0 Å². The van der Waals surface area contributed by atoms with Gasteiger partial charge in [0, 0.05) is 20.1 Å². The number of fused-ring (bicyclic) bond motifs is 5. The van der Waals surface area contributed by atoms with Crippen molar-refractivity contribution in [2.45, 2.75) is 83.4 Å². The molecule has 0 spiro atoms. The Morgan fingerprint density at radius 1 is 1.00 bits per heavy atom. The van der Waals surface area contributed by atoms with Gasteiger partial charge < -0.3 is 10.1 Å². The lowest BCUT2D eigenvalue weighted by atomic mass is 9.43. The van der Waals surface area contributed by atoms with E-state index in [1.165, 1.54) is 7.11 Å². The van der Waals surface area contributed by atoms with Crippen LogP contribution in [-0.4, -0.2) is 31.8 Å². The molecule has 3 nitrogen and oxygen atoms in total. The summed E-state index contributed by atoms with van der Waals surface area (Å²) in [7, 11) is 2.95. The van der Waals surface area contributed by atoms with Crippen molar-refractivity contribution in [3.8, 4) is 0 Å². The molecule has 166 valence electrons. The number of nitrogens with one attached hydrogen (secondary N) is 1. The van der Waals surface area contributed by atoms with Crippen LogP contribution in [0, 0.1) is 40.4 Å². The Labute approximate surface area is 172 Å². The molecule has 0 unspecified atom stereocenters. The van der Waals surface area contributed by atoms with Crippen molar-refractivity contribution in [1.82, 2.24) is 5.32 Å². The number of methoxy groups -OCH3 is 1. The third kappa shape index (κ3) is 2.90. The summed E-state index contributed by atoms with van der Waals surface area (Å²) in [5.41, 5.74) is -1.79. The number of alkyl halides is 3. The number of rotatable bonds is 2. The Balaban J connectivity index is 1.58. The number of ether oxygens (including phenoxy) is 1. The van der Waals surface area contributed by atoms with E-state index in [9.17, 15) is 18.0 Å². The smallest absolute Gasteiger partial charge is 0.369 e. The highest BCUT2D eigenvalue weighted by Crippen LogP contribution is 2.70. The Morgan fingerprint density at radius 3 is 2.31 bits per heavy atom. The molecule has 4 aliphatic rings. The van der Waals surface area contributed by atoms with Gasteiger partial charge in [0.2, 0.25) is 5.91 Å². The molecule has 0 aromatic carbocycles. The minimum absolute atomic E-state index is 0.0229. The van der Waals surface area contributed by atoms with Crippen LogP contribution in [0.4, 0.5) is 13.2 Å². The molecule has 0 aliphatic heterocycles. The first kappa shape index (κ1) is 21.5. The van der Waals surface area contributed by atoms with E-state index < -0.39 is 11.8 Å². The van der Waals surface area contributed by atoms with E-state index in [0.29, 0.717) is 24.2 Å². The first-order chi connectivity index (χ1) is 13.5. The second-order valence-electron chi connectivity index (χ2n) is 10.9. The molecule has 4 fully saturated rings. The monoisotopic (exact) mass is 415 g/mol. The average Bonchev–Trinajstić information content (AvgIpc) is 3.04. The van der Waals surface area contributed by atoms with Crippen LogP contribution in [0.3, 0.4) is 0 Å². The van der Waals surface area contributed by atoms with Crippen LogP contribution in [0.1, 0.15) is 71.6 Å². The van der Waals surface area contributed by atoms with E-state index >= 15 is 0 Å². The van der Waals surface area contributed by atoms with Crippen LogP contribution in [0.25, 0.3) is 0 Å². The standard InChI is InChI=1S/C23H36F3NO2/c1-20-10-7-14-13-22(29-4,23(24,25)26)12-8-15(14)16(20)9-11-21(2)17(19(28)27-3)5-6-18(20)21/h14-18H,5-13H2,1-4H3,(H,27,28)/t14-,15+,16-,17-,18+,20-,21-,22-/m1/s1. The Hall–Kier alpha value is -0.780. The molecule has 4 rings (SSSR count). The summed E-state index contributed by atoms with van der Waals surface area (Å²) in [5.74, 6) is 1.68. The van der Waals surface area contributed by atoms with E-state index in [1.54, 1.807) is 7.05 Å². The normalized spacial score (nSPS) is 49.7. The molecule has 0 radical (unpaired) electrons. The zero-order valence-corrected chi connectivity index (χ0v) is 18.2. The number of hydrogen-bond acceptors (Lipinski definition) is 2.